The second-order valence-electron chi connectivity index (χ2n) is 20.1. The van der Waals surface area contributed by atoms with Crippen LogP contribution in [0.4, 0.5) is 0 Å². The van der Waals surface area contributed by atoms with E-state index in [1.165, 1.54) is 5.57 Å². The minimum Gasteiger partial charge on any atom is -0.504 e. The number of phenolic OH excluding ortho intramolecular Hbond substituents is 3. The first-order chi connectivity index (χ1) is 26.5. The van der Waals surface area contributed by atoms with Crippen LogP contribution >= 0.6 is 0 Å². The third-order valence-electron chi connectivity index (χ3n) is 16.7. The van der Waals surface area contributed by atoms with Crippen LogP contribution in [0.25, 0.3) is 0 Å². The number of aliphatic hydroxyl groups excluding tert-OH is 6. The Labute approximate surface area is 333 Å². The smallest absolute Gasteiger partial charge is 0.338 e. The van der Waals surface area contributed by atoms with E-state index in [2.05, 4.69) is 40.7 Å². The first-order valence-electron chi connectivity index (χ1n) is 20.5. The molecule has 5 fully saturated rings. The third kappa shape index (κ3) is 6.21. The molecule has 14 heteroatoms. The molecule has 15 atom stereocenters. The third-order valence-corrected chi connectivity index (χ3v) is 16.7. The second kappa shape index (κ2) is 14.1. The molecule has 9 N–H and O–H groups in total. The average molecular weight is 803 g/mol. The number of fused-ring (bicyclic) bond motifs is 7. The standard InChI is InChI=1S/C43H62O14/c1-38(2)11-13-43(37(54)57-36-33(51)32(50)31(49)27(19-44)56-36)14-12-41(5)22(23(43)17-38)7-8-29-39(3)18-26(47)34(52)40(4,28(39)9-10-42(29,41)6)20-55-35(53)21-15-24(45)30(48)25(46)16-21/h7,15-16,23,26-29,31-34,36,44-52H,8-14,17-20H2,1-6H3. The Bertz CT molecular complexity index is 1770. The van der Waals surface area contributed by atoms with Crippen LogP contribution in [0, 0.1) is 50.2 Å². The van der Waals surface area contributed by atoms with Crippen molar-refractivity contribution in [3.63, 3.8) is 0 Å². The molecule has 5 aliphatic carbocycles. The normalized spacial score (nSPS) is 46.3. The maximum absolute atomic E-state index is 14.6. The van der Waals surface area contributed by atoms with Crippen LogP contribution in [-0.4, -0.2) is 114 Å². The molecular weight excluding hydrogens is 740 g/mol. The first-order valence-corrected chi connectivity index (χ1v) is 20.5. The van der Waals surface area contributed by atoms with Crippen LogP contribution in [0.1, 0.15) is 110 Å². The van der Waals surface area contributed by atoms with E-state index in [0.717, 1.165) is 31.4 Å². The second-order valence-corrected chi connectivity index (χ2v) is 20.1. The number of esters is 2. The zero-order valence-corrected chi connectivity index (χ0v) is 33.8. The van der Waals surface area contributed by atoms with Gasteiger partial charge in [-0.1, -0.05) is 53.2 Å². The number of hydrogen-bond acceptors (Lipinski definition) is 14. The minimum atomic E-state index is -1.70. The van der Waals surface area contributed by atoms with Gasteiger partial charge in [0, 0.05) is 5.41 Å². The number of benzene rings is 1. The zero-order valence-electron chi connectivity index (χ0n) is 33.8. The Morgan fingerprint density at radius 3 is 2.12 bits per heavy atom. The molecule has 7 rings (SSSR count). The van der Waals surface area contributed by atoms with Gasteiger partial charge in [0.25, 0.3) is 0 Å². The number of allylic oxidation sites excluding steroid dienone is 2. The van der Waals surface area contributed by atoms with Crippen molar-refractivity contribution >= 4 is 11.9 Å². The first kappa shape index (κ1) is 42.2. The SMILES string of the molecule is CC1(C)CCC2(C(=O)OC3OC(CO)C(O)C(O)C3O)CCC3(C)C(=CCC4C5(C)CC(O)C(O)C(C)(COC(=O)c6cc(O)c(O)c(O)c6)C5CCC43C)C2C1. The van der Waals surface area contributed by atoms with E-state index in [0.29, 0.717) is 38.5 Å². The minimum absolute atomic E-state index is 0.0471. The molecule has 4 saturated carbocycles. The quantitative estimate of drug-likeness (QED) is 0.114. The Balaban J connectivity index is 1.19. The summed E-state index contributed by atoms with van der Waals surface area (Å²) in [6.07, 6.45) is -2.04. The molecule has 1 aliphatic heterocycles. The molecule has 1 aromatic rings. The number of aromatic hydroxyl groups is 3. The summed E-state index contributed by atoms with van der Waals surface area (Å²) in [6, 6.07) is 1.99. The van der Waals surface area contributed by atoms with E-state index in [1.54, 1.807) is 0 Å². The lowest BCUT2D eigenvalue weighted by molar-refractivity contribution is -0.297. The highest BCUT2D eigenvalue weighted by Gasteiger charge is 2.71. The number of phenols is 3. The van der Waals surface area contributed by atoms with Crippen LogP contribution in [0.5, 0.6) is 17.2 Å². The lowest BCUT2D eigenvalue weighted by Crippen LogP contribution is -2.68. The maximum Gasteiger partial charge on any atom is 0.338 e. The fourth-order valence-electron chi connectivity index (χ4n) is 13.2. The van der Waals surface area contributed by atoms with Gasteiger partial charge in [-0.25, -0.2) is 4.79 Å². The molecule has 0 spiro atoms. The Morgan fingerprint density at radius 1 is 0.825 bits per heavy atom. The molecule has 57 heavy (non-hydrogen) atoms. The van der Waals surface area contributed by atoms with Gasteiger partial charge in [0.1, 0.15) is 24.4 Å². The van der Waals surface area contributed by atoms with E-state index in [-0.39, 0.29) is 46.2 Å². The van der Waals surface area contributed by atoms with Crippen LogP contribution in [0.15, 0.2) is 23.8 Å². The van der Waals surface area contributed by atoms with Gasteiger partial charge in [0.15, 0.2) is 17.2 Å². The van der Waals surface area contributed by atoms with Crippen molar-refractivity contribution in [1.29, 1.82) is 0 Å². The molecule has 1 saturated heterocycles. The number of hydrogen-bond donors (Lipinski definition) is 9. The van der Waals surface area contributed by atoms with Crippen molar-refractivity contribution in [2.45, 2.75) is 142 Å². The van der Waals surface area contributed by atoms with E-state index >= 15 is 0 Å². The predicted molar refractivity (Wildman–Crippen MR) is 202 cm³/mol. The van der Waals surface area contributed by atoms with Crippen LogP contribution in [0.2, 0.25) is 0 Å². The molecule has 6 aliphatic rings. The Kier molecular flexibility index (Phi) is 10.4. The van der Waals surface area contributed by atoms with E-state index in [9.17, 15) is 55.5 Å². The summed E-state index contributed by atoms with van der Waals surface area (Å²) in [5.74, 6) is -3.81. The average Bonchev–Trinajstić information content (AvgIpc) is 3.15. The Morgan fingerprint density at radius 2 is 1.47 bits per heavy atom. The van der Waals surface area contributed by atoms with Crippen molar-refractivity contribution in [3.05, 3.63) is 29.3 Å². The van der Waals surface area contributed by atoms with Gasteiger partial charge in [-0.15, -0.1) is 0 Å². The summed E-state index contributed by atoms with van der Waals surface area (Å²) in [5, 5.41) is 94.2. The van der Waals surface area contributed by atoms with E-state index < -0.39 is 95.0 Å². The molecular formula is C43H62O14. The number of aliphatic hydroxyl groups is 6. The molecule has 0 bridgehead atoms. The zero-order chi connectivity index (χ0) is 41.8. The maximum atomic E-state index is 14.6. The van der Waals surface area contributed by atoms with Gasteiger partial charge in [0.05, 0.1) is 36.4 Å². The van der Waals surface area contributed by atoms with Crippen molar-refractivity contribution in [2.75, 3.05) is 13.2 Å². The molecule has 15 unspecified atom stereocenters. The summed E-state index contributed by atoms with van der Waals surface area (Å²) in [4.78, 5) is 27.8. The summed E-state index contributed by atoms with van der Waals surface area (Å²) >= 11 is 0. The van der Waals surface area contributed by atoms with Gasteiger partial charge in [-0.2, -0.15) is 0 Å². The highest BCUT2D eigenvalue weighted by atomic mass is 16.7. The molecule has 0 radical (unpaired) electrons. The summed E-state index contributed by atoms with van der Waals surface area (Å²) in [5.41, 5.74) is -2.19. The van der Waals surface area contributed by atoms with Crippen LogP contribution in [0.3, 0.4) is 0 Å². The van der Waals surface area contributed by atoms with Crippen molar-refractivity contribution in [3.8, 4) is 17.2 Å². The number of carbonyl (C=O) groups is 2. The van der Waals surface area contributed by atoms with Crippen molar-refractivity contribution < 1.29 is 69.8 Å². The number of ether oxygens (including phenoxy) is 3. The summed E-state index contributed by atoms with van der Waals surface area (Å²) < 4.78 is 17.3. The highest BCUT2D eigenvalue weighted by molar-refractivity contribution is 5.91. The predicted octanol–water partition coefficient (Wildman–Crippen LogP) is 3.42. The van der Waals surface area contributed by atoms with Crippen LogP contribution < -0.4 is 0 Å². The van der Waals surface area contributed by atoms with Gasteiger partial charge in [-0.3, -0.25) is 4.79 Å². The fourth-order valence-corrected chi connectivity index (χ4v) is 13.2. The number of rotatable bonds is 6. The molecule has 0 aromatic heterocycles. The number of carbonyl (C=O) groups excluding carboxylic acids is 2. The van der Waals surface area contributed by atoms with E-state index in [1.807, 2.05) is 6.92 Å². The van der Waals surface area contributed by atoms with Gasteiger partial charge in [0.2, 0.25) is 6.29 Å². The van der Waals surface area contributed by atoms with Crippen molar-refractivity contribution in [2.24, 2.45) is 50.2 Å². The highest BCUT2D eigenvalue weighted by Crippen LogP contribution is 2.76. The molecule has 14 nitrogen and oxygen atoms in total. The summed E-state index contributed by atoms with van der Waals surface area (Å²) in [7, 11) is 0. The molecule has 0 amide bonds. The largest absolute Gasteiger partial charge is 0.504 e. The lowest BCUT2D eigenvalue weighted by atomic mass is 9.33. The fraction of sp³-hybridized carbons (Fsp3) is 0.767. The monoisotopic (exact) mass is 802 g/mol. The molecule has 318 valence electrons. The van der Waals surface area contributed by atoms with E-state index in [4.69, 9.17) is 14.2 Å². The summed E-state index contributed by atoms with van der Waals surface area (Å²) in [6.45, 7) is 12.2. The topological polar surface area (TPSA) is 244 Å². The van der Waals surface area contributed by atoms with Gasteiger partial charge >= 0.3 is 11.9 Å². The van der Waals surface area contributed by atoms with Gasteiger partial charge < -0.3 is 60.2 Å². The van der Waals surface area contributed by atoms with Gasteiger partial charge in [-0.05, 0) is 109 Å². The van der Waals surface area contributed by atoms with Crippen LogP contribution in [-0.2, 0) is 19.0 Å². The molecule has 1 heterocycles. The molecule has 1 aromatic carbocycles. The lowest BCUT2D eigenvalue weighted by Gasteiger charge is -2.71. The van der Waals surface area contributed by atoms with Crippen molar-refractivity contribution in [1.82, 2.24) is 0 Å². The Hall–Kier alpha value is -2.98.